The quantitative estimate of drug-likeness (QED) is 0.161. The monoisotopic (exact) mass is 703 g/mol. The number of hydrogen-bond acceptors (Lipinski definition) is 2. The summed E-state index contributed by atoms with van der Waals surface area (Å²) in [5.74, 6) is 0. The molecule has 11 rings (SSSR count). The van der Waals surface area contributed by atoms with Crippen molar-refractivity contribution in [2.75, 3.05) is 4.90 Å². The molecule has 0 saturated carbocycles. The van der Waals surface area contributed by atoms with Crippen LogP contribution >= 0.6 is 11.3 Å². The lowest BCUT2D eigenvalue weighted by molar-refractivity contribution is 1.30. The van der Waals surface area contributed by atoms with E-state index in [1.807, 2.05) is 11.3 Å². The highest BCUT2D eigenvalue weighted by Crippen LogP contribution is 2.46. The van der Waals surface area contributed by atoms with E-state index in [4.69, 9.17) is 0 Å². The number of benzene rings is 10. The van der Waals surface area contributed by atoms with Gasteiger partial charge < -0.3 is 4.90 Å². The Hall–Kier alpha value is -6.74. The van der Waals surface area contributed by atoms with Crippen LogP contribution in [0.4, 0.5) is 17.1 Å². The van der Waals surface area contributed by atoms with Crippen molar-refractivity contribution >= 4 is 91.7 Å². The Morgan fingerprint density at radius 1 is 0.315 bits per heavy atom. The molecule has 0 unspecified atom stereocenters. The van der Waals surface area contributed by atoms with Gasteiger partial charge in [-0.3, -0.25) is 0 Å². The van der Waals surface area contributed by atoms with Crippen LogP contribution in [0.15, 0.2) is 200 Å². The molecule has 0 fully saturated rings. The van der Waals surface area contributed by atoms with Crippen LogP contribution in [0.25, 0.3) is 85.5 Å². The van der Waals surface area contributed by atoms with Crippen molar-refractivity contribution in [2.45, 2.75) is 0 Å². The van der Waals surface area contributed by atoms with Crippen LogP contribution in [-0.4, -0.2) is 0 Å². The van der Waals surface area contributed by atoms with E-state index in [1.165, 1.54) is 91.2 Å². The summed E-state index contributed by atoms with van der Waals surface area (Å²) in [5, 5.41) is 12.8. The van der Waals surface area contributed by atoms with Gasteiger partial charge in [0.25, 0.3) is 0 Å². The molecule has 0 saturated heterocycles. The molecular weight excluding hydrogens is 671 g/mol. The van der Waals surface area contributed by atoms with Crippen LogP contribution in [0.2, 0.25) is 0 Å². The van der Waals surface area contributed by atoms with E-state index in [0.29, 0.717) is 0 Å². The fourth-order valence-electron chi connectivity index (χ4n) is 8.40. The predicted molar refractivity (Wildman–Crippen MR) is 235 cm³/mol. The molecule has 0 bridgehead atoms. The van der Waals surface area contributed by atoms with Crippen LogP contribution in [0.3, 0.4) is 0 Å². The number of fused-ring (bicyclic) bond motifs is 9. The lowest BCUT2D eigenvalue weighted by atomic mass is 9.93. The van der Waals surface area contributed by atoms with Gasteiger partial charge in [-0.2, -0.15) is 0 Å². The topological polar surface area (TPSA) is 3.24 Å². The van der Waals surface area contributed by atoms with Crippen LogP contribution < -0.4 is 4.90 Å². The number of anilines is 3. The zero-order chi connectivity index (χ0) is 35.6. The van der Waals surface area contributed by atoms with Gasteiger partial charge in [0.15, 0.2) is 0 Å². The molecule has 2 heteroatoms. The third kappa shape index (κ3) is 4.99. The molecular formula is C52H33NS. The first-order chi connectivity index (χ1) is 26.8. The Morgan fingerprint density at radius 2 is 0.852 bits per heavy atom. The van der Waals surface area contributed by atoms with E-state index < -0.39 is 0 Å². The second-order valence-electron chi connectivity index (χ2n) is 14.1. The molecule has 0 aliphatic carbocycles. The van der Waals surface area contributed by atoms with Gasteiger partial charge in [-0.05, 0) is 114 Å². The van der Waals surface area contributed by atoms with E-state index in [2.05, 4.69) is 205 Å². The lowest BCUT2D eigenvalue weighted by Crippen LogP contribution is -2.10. The zero-order valence-electron chi connectivity index (χ0n) is 29.4. The van der Waals surface area contributed by atoms with Crippen molar-refractivity contribution in [3.05, 3.63) is 200 Å². The summed E-state index contributed by atoms with van der Waals surface area (Å²) < 4.78 is 2.59. The molecule has 252 valence electrons. The van der Waals surface area contributed by atoms with Gasteiger partial charge in [0.05, 0.1) is 10.4 Å². The molecule has 0 atom stereocenters. The first kappa shape index (κ1) is 30.8. The van der Waals surface area contributed by atoms with Gasteiger partial charge >= 0.3 is 0 Å². The average molecular weight is 704 g/mol. The van der Waals surface area contributed by atoms with Crippen LogP contribution in [-0.2, 0) is 0 Å². The molecule has 1 heterocycles. The summed E-state index contributed by atoms with van der Waals surface area (Å²) in [6, 6.07) is 73.5. The van der Waals surface area contributed by atoms with E-state index in [1.54, 1.807) is 0 Å². The summed E-state index contributed by atoms with van der Waals surface area (Å²) in [7, 11) is 0. The molecule has 0 radical (unpaired) electrons. The predicted octanol–water partition coefficient (Wildman–Crippen LogP) is 15.5. The normalized spacial score (nSPS) is 11.7. The third-order valence-electron chi connectivity index (χ3n) is 11.0. The third-order valence-corrected chi connectivity index (χ3v) is 12.2. The van der Waals surface area contributed by atoms with E-state index in [0.717, 1.165) is 11.4 Å². The maximum Gasteiger partial charge on any atom is 0.0640 e. The van der Waals surface area contributed by atoms with Crippen molar-refractivity contribution < 1.29 is 0 Å². The highest BCUT2D eigenvalue weighted by Gasteiger charge is 2.19. The van der Waals surface area contributed by atoms with Crippen LogP contribution in [0, 0.1) is 0 Å². The Kier molecular flexibility index (Phi) is 7.11. The maximum absolute atomic E-state index is 2.43. The van der Waals surface area contributed by atoms with Gasteiger partial charge in [-0.15, -0.1) is 11.3 Å². The van der Waals surface area contributed by atoms with Crippen molar-refractivity contribution in [3.8, 4) is 22.3 Å². The fraction of sp³-hybridized carbons (Fsp3) is 0. The van der Waals surface area contributed by atoms with Gasteiger partial charge in [0, 0.05) is 26.8 Å². The summed E-state index contributed by atoms with van der Waals surface area (Å²) in [4.78, 5) is 2.43. The van der Waals surface area contributed by atoms with Crippen molar-refractivity contribution in [2.24, 2.45) is 0 Å². The Bertz CT molecular complexity index is 3210. The molecule has 0 spiro atoms. The van der Waals surface area contributed by atoms with Crippen molar-refractivity contribution in [3.63, 3.8) is 0 Å². The lowest BCUT2D eigenvalue weighted by Gasteiger charge is -2.26. The second kappa shape index (κ2) is 12.4. The first-order valence-corrected chi connectivity index (χ1v) is 19.3. The highest BCUT2D eigenvalue weighted by atomic mass is 32.1. The zero-order valence-corrected chi connectivity index (χ0v) is 30.2. The van der Waals surface area contributed by atoms with Crippen LogP contribution in [0.5, 0.6) is 0 Å². The van der Waals surface area contributed by atoms with E-state index in [9.17, 15) is 0 Å². The number of hydrogen-bond donors (Lipinski definition) is 0. The molecule has 10 aromatic carbocycles. The Labute approximate surface area is 317 Å². The molecule has 0 N–H and O–H groups in total. The van der Waals surface area contributed by atoms with E-state index in [-0.39, 0.29) is 0 Å². The Morgan fingerprint density at radius 3 is 1.61 bits per heavy atom. The number of rotatable bonds is 5. The van der Waals surface area contributed by atoms with Gasteiger partial charge in [0.2, 0.25) is 0 Å². The van der Waals surface area contributed by atoms with E-state index >= 15 is 0 Å². The molecule has 0 aliphatic heterocycles. The summed E-state index contributed by atoms with van der Waals surface area (Å²) in [6.45, 7) is 0. The van der Waals surface area contributed by atoms with Crippen molar-refractivity contribution in [1.29, 1.82) is 0 Å². The molecule has 0 aliphatic rings. The smallest absolute Gasteiger partial charge is 0.0640 e. The van der Waals surface area contributed by atoms with Crippen molar-refractivity contribution in [1.82, 2.24) is 0 Å². The minimum Gasteiger partial charge on any atom is -0.309 e. The highest BCUT2D eigenvalue weighted by molar-refractivity contribution is 7.26. The summed E-state index contributed by atoms with van der Waals surface area (Å²) in [5.41, 5.74) is 8.31. The molecule has 0 amide bonds. The Balaban J connectivity index is 1.05. The standard InChI is InChI=1S/C52H33NS/c1-3-12-42-35(10-1)20-21-36-22-23-38(32-48(36)42)34-24-28-40(29-25-34)53(50-18-9-17-47-46-16-7-8-19-51(46)54-52(47)50)41-30-26-37(27-31-41)49-33-39-11-2-4-13-43(39)44-14-5-6-15-45(44)49/h1-33H. The first-order valence-electron chi connectivity index (χ1n) is 18.5. The van der Waals surface area contributed by atoms with Gasteiger partial charge in [0.1, 0.15) is 0 Å². The number of thiophene rings is 1. The van der Waals surface area contributed by atoms with Gasteiger partial charge in [-0.1, -0.05) is 152 Å². The molecule has 1 aromatic heterocycles. The number of nitrogens with zero attached hydrogens (tertiary/aromatic N) is 1. The molecule has 54 heavy (non-hydrogen) atoms. The maximum atomic E-state index is 2.43. The van der Waals surface area contributed by atoms with Gasteiger partial charge in [-0.25, -0.2) is 0 Å². The average Bonchev–Trinajstić information content (AvgIpc) is 3.63. The largest absolute Gasteiger partial charge is 0.309 e. The molecule has 1 nitrogen and oxygen atoms in total. The minimum atomic E-state index is 1.12. The summed E-state index contributed by atoms with van der Waals surface area (Å²) >= 11 is 1.87. The second-order valence-corrected chi connectivity index (χ2v) is 15.1. The summed E-state index contributed by atoms with van der Waals surface area (Å²) in [6.07, 6.45) is 0. The minimum absolute atomic E-state index is 1.12. The van der Waals surface area contributed by atoms with Crippen LogP contribution in [0.1, 0.15) is 0 Å². The SMILES string of the molecule is c1ccc2c(c1)ccc1ccc(-c3ccc(N(c4ccc(-c5cc6ccccc6c6ccccc56)cc4)c4cccc5c4sc4ccccc45)cc3)cc12. The fourth-order valence-corrected chi connectivity index (χ4v) is 9.61. The molecule has 11 aromatic rings.